The van der Waals surface area contributed by atoms with E-state index in [9.17, 15) is 27.9 Å². The third-order valence-corrected chi connectivity index (χ3v) is 4.78. The summed E-state index contributed by atoms with van der Waals surface area (Å²) in [7, 11) is 0. The van der Waals surface area contributed by atoms with Crippen molar-refractivity contribution in [3.63, 3.8) is 0 Å². The number of carbonyl (C=O) groups is 2. The second kappa shape index (κ2) is 7.59. The number of phenolic OH excluding ortho intramolecular Hbond substituents is 1. The molecule has 3 aromatic rings. The number of phenols is 1. The van der Waals surface area contributed by atoms with E-state index >= 15 is 0 Å². The fourth-order valence-electron chi connectivity index (χ4n) is 3.39. The van der Waals surface area contributed by atoms with Crippen LogP contribution in [0.15, 0.2) is 30.3 Å². The maximum Gasteiger partial charge on any atom is 0.262 e. The normalized spacial score (nSPS) is 12.2. The van der Waals surface area contributed by atoms with Crippen molar-refractivity contribution < 1.29 is 33.0 Å². The third kappa shape index (κ3) is 3.33. The maximum absolute atomic E-state index is 14.8. The summed E-state index contributed by atoms with van der Waals surface area (Å²) >= 11 is 0. The van der Waals surface area contributed by atoms with Gasteiger partial charge in [-0.3, -0.25) is 14.2 Å². The lowest BCUT2D eigenvalue weighted by Gasteiger charge is -2.13. The van der Waals surface area contributed by atoms with E-state index in [1.165, 1.54) is 19.9 Å². The van der Waals surface area contributed by atoms with Crippen LogP contribution in [-0.4, -0.2) is 33.3 Å². The maximum atomic E-state index is 14.8. The summed E-state index contributed by atoms with van der Waals surface area (Å²) in [5, 5.41) is 20.8. The number of rotatable bonds is 4. The molecule has 0 aliphatic carbocycles. The molecule has 0 saturated carbocycles. The summed E-state index contributed by atoms with van der Waals surface area (Å²) < 4.78 is 42.7. The summed E-state index contributed by atoms with van der Waals surface area (Å²) in [6, 6.07) is 4.95. The van der Waals surface area contributed by atoms with Crippen molar-refractivity contribution in [1.82, 2.24) is 9.88 Å². The number of aromatic hydroxyl groups is 1. The van der Waals surface area contributed by atoms with E-state index in [2.05, 4.69) is 5.32 Å². The highest BCUT2D eigenvalue weighted by Crippen LogP contribution is 2.37. The van der Waals surface area contributed by atoms with E-state index in [4.69, 9.17) is 5.11 Å². The zero-order chi connectivity index (χ0) is 21.5. The van der Waals surface area contributed by atoms with Crippen molar-refractivity contribution in [2.24, 2.45) is 0 Å². The van der Waals surface area contributed by atoms with Crippen LogP contribution in [-0.2, 0) is 4.79 Å². The molecule has 0 saturated heterocycles. The van der Waals surface area contributed by atoms with E-state index in [-0.39, 0.29) is 27.7 Å². The molecular formula is C20H17F3N2O4. The lowest BCUT2D eigenvalue weighted by atomic mass is 9.96. The molecule has 9 heteroatoms. The first-order valence-corrected chi connectivity index (χ1v) is 8.59. The average molecular weight is 406 g/mol. The number of aliphatic hydroxyl groups excluding tert-OH is 1. The van der Waals surface area contributed by atoms with Crippen LogP contribution in [0.25, 0.3) is 10.9 Å². The Morgan fingerprint density at radius 3 is 2.45 bits per heavy atom. The fraction of sp³-hybridized carbons (Fsp3) is 0.200. The van der Waals surface area contributed by atoms with Crippen molar-refractivity contribution in [2.75, 3.05) is 6.73 Å². The van der Waals surface area contributed by atoms with Crippen LogP contribution >= 0.6 is 0 Å². The average Bonchev–Trinajstić information content (AvgIpc) is 2.98. The zero-order valence-electron chi connectivity index (χ0n) is 15.5. The summed E-state index contributed by atoms with van der Waals surface area (Å²) in [5.74, 6) is -6.42. The van der Waals surface area contributed by atoms with Crippen LogP contribution in [0.4, 0.5) is 13.2 Å². The van der Waals surface area contributed by atoms with Gasteiger partial charge in [-0.25, -0.2) is 13.2 Å². The first-order valence-electron chi connectivity index (χ1n) is 8.59. The Morgan fingerprint density at radius 1 is 1.14 bits per heavy atom. The van der Waals surface area contributed by atoms with Crippen LogP contribution in [0.3, 0.4) is 0 Å². The highest BCUT2D eigenvalue weighted by atomic mass is 19.2. The summed E-state index contributed by atoms with van der Waals surface area (Å²) in [6.45, 7) is 2.28. The standard InChI is InChI=1S/C20H17F3N2O4/c1-9(19(28)24-8-26)16-10(2)25(14-5-6-15(27)18(23)17(14)16)20(29)11-3-4-12(21)13(22)7-11/h3-7,9,26-27H,8H2,1-2H3,(H,24,28)/t9-/m1/s1. The monoisotopic (exact) mass is 406 g/mol. The van der Waals surface area contributed by atoms with Crippen molar-refractivity contribution in [3.05, 3.63) is 64.6 Å². The number of nitrogens with zero attached hydrogens (tertiary/aromatic N) is 1. The Balaban J connectivity index is 2.29. The highest BCUT2D eigenvalue weighted by Gasteiger charge is 2.29. The fourth-order valence-corrected chi connectivity index (χ4v) is 3.39. The molecule has 1 aromatic heterocycles. The molecule has 1 atom stereocenters. The minimum atomic E-state index is -1.22. The summed E-state index contributed by atoms with van der Waals surface area (Å²) in [4.78, 5) is 25.2. The van der Waals surface area contributed by atoms with Gasteiger partial charge in [-0.15, -0.1) is 0 Å². The van der Waals surface area contributed by atoms with Gasteiger partial charge in [-0.1, -0.05) is 0 Å². The summed E-state index contributed by atoms with van der Waals surface area (Å²) in [6.07, 6.45) is 0. The predicted molar refractivity (Wildman–Crippen MR) is 98.0 cm³/mol. The number of aliphatic hydroxyl groups is 1. The largest absolute Gasteiger partial charge is 0.505 e. The molecule has 0 aliphatic heterocycles. The quantitative estimate of drug-likeness (QED) is 0.581. The second-order valence-electron chi connectivity index (χ2n) is 6.48. The number of nitrogens with one attached hydrogen (secondary N) is 1. The topological polar surface area (TPSA) is 91.6 Å². The van der Waals surface area contributed by atoms with Gasteiger partial charge >= 0.3 is 0 Å². The van der Waals surface area contributed by atoms with Gasteiger partial charge in [-0.2, -0.15) is 0 Å². The van der Waals surface area contributed by atoms with Crippen molar-refractivity contribution in [2.45, 2.75) is 19.8 Å². The Labute approximate surface area is 163 Å². The van der Waals surface area contributed by atoms with Gasteiger partial charge in [0.15, 0.2) is 23.2 Å². The van der Waals surface area contributed by atoms with Crippen molar-refractivity contribution in [1.29, 1.82) is 0 Å². The number of amides is 1. The lowest BCUT2D eigenvalue weighted by molar-refractivity contribution is -0.123. The zero-order valence-corrected chi connectivity index (χ0v) is 15.5. The molecule has 0 fully saturated rings. The van der Waals surface area contributed by atoms with E-state index in [0.29, 0.717) is 0 Å². The van der Waals surface area contributed by atoms with E-state index in [0.717, 1.165) is 28.8 Å². The van der Waals surface area contributed by atoms with Gasteiger partial charge < -0.3 is 15.5 Å². The summed E-state index contributed by atoms with van der Waals surface area (Å²) in [5.41, 5.74) is 0.165. The van der Waals surface area contributed by atoms with Crippen LogP contribution in [0.2, 0.25) is 0 Å². The van der Waals surface area contributed by atoms with Gasteiger partial charge in [0.25, 0.3) is 5.91 Å². The molecule has 6 nitrogen and oxygen atoms in total. The number of carbonyl (C=O) groups excluding carboxylic acids is 2. The SMILES string of the molecule is Cc1c([C@@H](C)C(=O)NCO)c2c(F)c(O)ccc2n1C(=O)c1ccc(F)c(F)c1. The van der Waals surface area contributed by atoms with Crippen molar-refractivity contribution in [3.8, 4) is 5.75 Å². The molecule has 1 amide bonds. The molecule has 0 unspecified atom stereocenters. The number of aromatic nitrogens is 1. The smallest absolute Gasteiger partial charge is 0.262 e. The first kappa shape index (κ1) is 20.4. The van der Waals surface area contributed by atoms with E-state index < -0.39 is 47.7 Å². The van der Waals surface area contributed by atoms with Gasteiger partial charge in [0.2, 0.25) is 5.91 Å². The number of hydrogen-bond acceptors (Lipinski definition) is 4. The van der Waals surface area contributed by atoms with Gasteiger partial charge in [0.05, 0.1) is 11.4 Å². The molecular weight excluding hydrogens is 389 g/mol. The van der Waals surface area contributed by atoms with Crippen LogP contribution < -0.4 is 5.32 Å². The molecule has 0 radical (unpaired) electrons. The number of hydrogen-bond donors (Lipinski definition) is 3. The predicted octanol–water partition coefficient (Wildman–Crippen LogP) is 2.93. The Morgan fingerprint density at radius 2 is 1.83 bits per heavy atom. The second-order valence-corrected chi connectivity index (χ2v) is 6.48. The van der Waals surface area contributed by atoms with Gasteiger partial charge in [-0.05, 0) is 49.7 Å². The Hall–Kier alpha value is -3.33. The van der Waals surface area contributed by atoms with Gasteiger partial charge in [0.1, 0.15) is 6.73 Å². The highest BCUT2D eigenvalue weighted by molar-refractivity contribution is 6.05. The Kier molecular flexibility index (Phi) is 5.34. The number of fused-ring (bicyclic) bond motifs is 1. The Bertz CT molecular complexity index is 1140. The minimum Gasteiger partial charge on any atom is -0.505 e. The minimum absolute atomic E-state index is 0.0474. The van der Waals surface area contributed by atoms with E-state index in [1.807, 2.05) is 0 Å². The molecule has 0 spiro atoms. The number of halogens is 3. The molecule has 3 N–H and O–H groups in total. The molecule has 29 heavy (non-hydrogen) atoms. The van der Waals surface area contributed by atoms with Crippen LogP contribution in [0.5, 0.6) is 5.75 Å². The molecule has 0 bridgehead atoms. The molecule has 0 aliphatic rings. The van der Waals surface area contributed by atoms with Gasteiger partial charge in [0, 0.05) is 16.6 Å². The molecule has 152 valence electrons. The van der Waals surface area contributed by atoms with Crippen molar-refractivity contribution >= 4 is 22.7 Å². The number of benzene rings is 2. The van der Waals surface area contributed by atoms with Crippen LogP contribution in [0.1, 0.15) is 34.5 Å². The first-order chi connectivity index (χ1) is 13.7. The molecule has 3 rings (SSSR count). The molecule has 1 heterocycles. The molecule has 2 aromatic carbocycles. The van der Waals surface area contributed by atoms with Crippen LogP contribution in [0, 0.1) is 24.4 Å². The van der Waals surface area contributed by atoms with E-state index in [1.54, 1.807) is 0 Å². The lowest BCUT2D eigenvalue weighted by Crippen LogP contribution is -2.29. The third-order valence-electron chi connectivity index (χ3n) is 4.78.